The van der Waals surface area contributed by atoms with Gasteiger partial charge < -0.3 is 15.2 Å². The van der Waals surface area contributed by atoms with Gasteiger partial charge in [-0.2, -0.15) is 18.3 Å². The van der Waals surface area contributed by atoms with Gasteiger partial charge in [0.15, 0.2) is 0 Å². The first-order valence-electron chi connectivity index (χ1n) is 14.0. The summed E-state index contributed by atoms with van der Waals surface area (Å²) in [5.41, 5.74) is 6.08. The number of piperazine rings is 1. The largest absolute Gasteiger partial charge is 0.397 e. The van der Waals surface area contributed by atoms with Crippen LogP contribution in [0.4, 0.5) is 24.9 Å². The molecule has 1 unspecified atom stereocenters. The molecule has 1 amide bonds. The predicted octanol–water partition coefficient (Wildman–Crippen LogP) is 5.44. The molecule has 4 aromatic rings. The lowest BCUT2D eigenvalue weighted by molar-refractivity contribution is -0.162. The molecule has 1 aliphatic heterocycles. The Bertz CT molecular complexity index is 1550. The first kappa shape index (κ1) is 27.3. The maximum absolute atomic E-state index is 12.6. The molecule has 2 aliphatic rings. The normalized spacial score (nSPS) is 17.2. The summed E-state index contributed by atoms with van der Waals surface area (Å²) in [6.45, 7) is 6.65. The van der Waals surface area contributed by atoms with Gasteiger partial charge in [0.2, 0.25) is 11.9 Å². The average Bonchev–Trinajstić information content (AvgIpc) is 3.48. The van der Waals surface area contributed by atoms with Crippen molar-refractivity contribution in [3.8, 4) is 11.1 Å². The number of hydrogen-bond acceptors (Lipinski definition) is 6. The van der Waals surface area contributed by atoms with Crippen LogP contribution in [-0.4, -0.2) is 72.8 Å². The molecule has 3 aromatic heterocycles. The molecule has 1 saturated carbocycles. The van der Waals surface area contributed by atoms with Crippen LogP contribution >= 0.6 is 0 Å². The lowest BCUT2D eigenvalue weighted by Crippen LogP contribution is -2.50. The summed E-state index contributed by atoms with van der Waals surface area (Å²) in [7, 11) is 0. The van der Waals surface area contributed by atoms with E-state index in [1.807, 2.05) is 29.9 Å². The van der Waals surface area contributed by atoms with Crippen LogP contribution in [0, 0.1) is 12.8 Å². The molecule has 216 valence electrons. The van der Waals surface area contributed by atoms with Crippen molar-refractivity contribution < 1.29 is 18.0 Å². The Kier molecular flexibility index (Phi) is 7.18. The van der Waals surface area contributed by atoms with E-state index in [0.29, 0.717) is 24.9 Å². The summed E-state index contributed by atoms with van der Waals surface area (Å²) in [5.74, 6) is 1.10. The van der Waals surface area contributed by atoms with Crippen molar-refractivity contribution in [1.29, 1.82) is 0 Å². The minimum absolute atomic E-state index is 0.000120. The van der Waals surface area contributed by atoms with Gasteiger partial charge in [-0.1, -0.05) is 0 Å². The second kappa shape index (κ2) is 10.8. The molecule has 1 aliphatic carbocycles. The van der Waals surface area contributed by atoms with Crippen molar-refractivity contribution >= 4 is 28.7 Å². The molecule has 12 heteroatoms. The van der Waals surface area contributed by atoms with Crippen LogP contribution in [0.1, 0.15) is 43.4 Å². The molecule has 0 bridgehead atoms. The van der Waals surface area contributed by atoms with E-state index >= 15 is 0 Å². The fourth-order valence-corrected chi connectivity index (χ4v) is 5.45. The minimum Gasteiger partial charge on any atom is -0.340 e. The maximum atomic E-state index is 12.6. The number of aromatic nitrogens is 5. The number of nitrogens with one attached hydrogen (secondary N) is 2. The van der Waals surface area contributed by atoms with E-state index in [1.165, 1.54) is 17.7 Å². The van der Waals surface area contributed by atoms with Gasteiger partial charge in [0.05, 0.1) is 17.2 Å². The van der Waals surface area contributed by atoms with Gasteiger partial charge in [0, 0.05) is 56.7 Å². The third-order valence-electron chi connectivity index (χ3n) is 7.99. The van der Waals surface area contributed by atoms with Gasteiger partial charge in [-0.3, -0.25) is 14.4 Å². The zero-order chi connectivity index (χ0) is 28.7. The summed E-state index contributed by atoms with van der Waals surface area (Å²) in [4.78, 5) is 28.0. The van der Waals surface area contributed by atoms with Crippen LogP contribution in [0.25, 0.3) is 22.2 Å². The molecular weight excluding hydrogens is 533 g/mol. The van der Waals surface area contributed by atoms with Crippen LogP contribution in [-0.2, 0) is 11.3 Å². The highest BCUT2D eigenvalue weighted by atomic mass is 19.4. The number of hydrogen-bond donors (Lipinski definition) is 2. The molecular formula is C29H33F3N8O. The Morgan fingerprint density at radius 3 is 2.68 bits per heavy atom. The van der Waals surface area contributed by atoms with Crippen molar-refractivity contribution in [2.75, 3.05) is 31.5 Å². The minimum atomic E-state index is -4.48. The zero-order valence-corrected chi connectivity index (χ0v) is 23.1. The fraction of sp³-hybridized carbons (Fsp3) is 0.448. The monoisotopic (exact) mass is 566 g/mol. The maximum Gasteiger partial charge on any atom is 0.397 e. The van der Waals surface area contributed by atoms with Crippen LogP contribution in [0.15, 0.2) is 42.9 Å². The second-order valence-electron chi connectivity index (χ2n) is 11.1. The first-order chi connectivity index (χ1) is 19.6. The number of H-pyrrole nitrogens is 1. The Morgan fingerprint density at radius 1 is 1.17 bits per heavy atom. The predicted molar refractivity (Wildman–Crippen MR) is 150 cm³/mol. The van der Waals surface area contributed by atoms with Crippen molar-refractivity contribution in [3.63, 3.8) is 0 Å². The molecule has 1 saturated heterocycles. The van der Waals surface area contributed by atoms with E-state index in [2.05, 4.69) is 50.5 Å². The number of fused-ring (bicyclic) bond motifs is 1. The van der Waals surface area contributed by atoms with Crippen LogP contribution in [0.5, 0.6) is 0 Å². The Morgan fingerprint density at radius 2 is 1.95 bits per heavy atom. The molecule has 2 N–H and O–H groups in total. The van der Waals surface area contributed by atoms with E-state index in [4.69, 9.17) is 4.98 Å². The number of imidazole rings is 1. The van der Waals surface area contributed by atoms with E-state index in [9.17, 15) is 18.0 Å². The number of carbonyl (C=O) groups is 1. The van der Waals surface area contributed by atoms with E-state index in [0.717, 1.165) is 45.7 Å². The third-order valence-corrected chi connectivity index (χ3v) is 7.99. The summed E-state index contributed by atoms with van der Waals surface area (Å²) < 4.78 is 39.8. The van der Waals surface area contributed by atoms with Gasteiger partial charge in [-0.15, -0.1) is 0 Å². The molecule has 1 atom stereocenters. The second-order valence-corrected chi connectivity index (χ2v) is 11.1. The number of halogens is 3. The van der Waals surface area contributed by atoms with Gasteiger partial charge >= 0.3 is 6.18 Å². The quantitative estimate of drug-likeness (QED) is 0.295. The number of alkyl halides is 3. The SMILES string of the molecule is Cc1cc2[nH]c(Nc3cc(C(C)N4CCN(C(=O)CC(F)(F)F)CC4)ccn3)nc2cc1-c1cnn(CC2CC2)c1. The lowest BCUT2D eigenvalue weighted by Gasteiger charge is -2.38. The third kappa shape index (κ3) is 6.37. The molecule has 4 heterocycles. The van der Waals surface area contributed by atoms with Gasteiger partial charge in [0.25, 0.3) is 0 Å². The summed E-state index contributed by atoms with van der Waals surface area (Å²) in [6, 6.07) is 8.04. The van der Waals surface area contributed by atoms with Crippen LogP contribution < -0.4 is 5.32 Å². The smallest absolute Gasteiger partial charge is 0.340 e. The van der Waals surface area contributed by atoms with Crippen molar-refractivity contribution in [1.82, 2.24) is 34.5 Å². The van der Waals surface area contributed by atoms with Crippen LogP contribution in [0.2, 0.25) is 0 Å². The molecule has 1 aromatic carbocycles. The number of carbonyl (C=O) groups excluding carboxylic acids is 1. The highest BCUT2D eigenvalue weighted by molar-refractivity contribution is 5.85. The van der Waals surface area contributed by atoms with Crippen molar-refractivity contribution in [3.05, 3.63) is 54.0 Å². The molecule has 9 nitrogen and oxygen atoms in total. The standard InChI is InChI=1S/C29H33F3N8O/c1-18-11-24-25(13-23(18)22-15-34-40(17-22)16-20-3-4-20)36-28(35-24)37-26-12-21(5-6-33-26)19(2)38-7-9-39(10-8-38)27(41)14-29(30,31)32/h5-6,11-13,15,17,19-20H,3-4,7-10,14,16H2,1-2H3,(H2,33,35,36,37). The molecule has 6 rings (SSSR count). The number of benzene rings is 1. The number of anilines is 2. The summed E-state index contributed by atoms with van der Waals surface area (Å²) >= 11 is 0. The first-order valence-corrected chi connectivity index (χ1v) is 14.0. The molecule has 0 spiro atoms. The number of amides is 1. The summed E-state index contributed by atoms with van der Waals surface area (Å²) in [6.07, 6.45) is 2.43. The number of rotatable bonds is 8. The Hall–Kier alpha value is -3.93. The average molecular weight is 567 g/mol. The number of aromatic amines is 1. The van der Waals surface area contributed by atoms with E-state index in [-0.39, 0.29) is 19.1 Å². The topological polar surface area (TPSA) is 95.0 Å². The highest BCUT2D eigenvalue weighted by Gasteiger charge is 2.35. The van der Waals surface area contributed by atoms with E-state index < -0.39 is 18.5 Å². The number of nitrogens with zero attached hydrogens (tertiary/aromatic N) is 6. The van der Waals surface area contributed by atoms with Crippen molar-refractivity contribution in [2.24, 2.45) is 5.92 Å². The fourth-order valence-electron chi connectivity index (χ4n) is 5.45. The number of aryl methyl sites for hydroxylation is 1. The Labute approximate surface area is 235 Å². The molecule has 2 fully saturated rings. The Balaban J connectivity index is 1.12. The molecule has 0 radical (unpaired) electrons. The van der Waals surface area contributed by atoms with Crippen molar-refractivity contribution in [2.45, 2.75) is 51.9 Å². The number of pyridine rings is 1. The van der Waals surface area contributed by atoms with Crippen LogP contribution in [0.3, 0.4) is 0 Å². The van der Waals surface area contributed by atoms with Gasteiger partial charge in [-0.25, -0.2) is 9.97 Å². The zero-order valence-electron chi connectivity index (χ0n) is 23.1. The van der Waals surface area contributed by atoms with Gasteiger partial charge in [-0.05, 0) is 73.6 Å². The highest BCUT2D eigenvalue weighted by Crippen LogP contribution is 2.32. The molecule has 41 heavy (non-hydrogen) atoms. The van der Waals surface area contributed by atoms with E-state index in [1.54, 1.807) is 6.20 Å². The van der Waals surface area contributed by atoms with Gasteiger partial charge in [0.1, 0.15) is 12.2 Å². The summed E-state index contributed by atoms with van der Waals surface area (Å²) in [5, 5.41) is 7.82. The lowest BCUT2D eigenvalue weighted by atomic mass is 10.0.